The summed E-state index contributed by atoms with van der Waals surface area (Å²) in [4.78, 5) is 36.7. The van der Waals surface area contributed by atoms with Crippen LogP contribution in [0, 0.1) is 12.8 Å². The van der Waals surface area contributed by atoms with E-state index >= 15 is 0 Å². The Morgan fingerprint density at radius 2 is 2.15 bits per heavy atom. The van der Waals surface area contributed by atoms with Crippen molar-refractivity contribution < 1.29 is 14.7 Å². The molecule has 1 aromatic heterocycles. The molecule has 1 aliphatic heterocycles. The van der Waals surface area contributed by atoms with Crippen LogP contribution < -0.4 is 5.56 Å². The van der Waals surface area contributed by atoms with Crippen LogP contribution in [0.3, 0.4) is 0 Å². The van der Waals surface area contributed by atoms with Crippen LogP contribution in [-0.4, -0.2) is 39.5 Å². The standard InChI is InChI=1S/C14H18N2O4/c1-3-15-7-10(6-11(15)17)8-16-5-4-9(2)12(13(16)18)14(19)20/h4-5,10H,3,6-8H2,1-2H3,(H,19,20). The first kappa shape index (κ1) is 14.3. The van der Waals surface area contributed by atoms with Crippen LogP contribution in [0.25, 0.3) is 0 Å². The summed E-state index contributed by atoms with van der Waals surface area (Å²) in [5.74, 6) is -1.06. The van der Waals surface area contributed by atoms with E-state index in [1.807, 2.05) is 6.92 Å². The van der Waals surface area contributed by atoms with Gasteiger partial charge in [-0.05, 0) is 25.5 Å². The van der Waals surface area contributed by atoms with Gasteiger partial charge in [0.1, 0.15) is 5.56 Å². The average Bonchev–Trinajstić information content (AvgIpc) is 2.73. The first-order chi connectivity index (χ1) is 9.43. The molecule has 2 rings (SSSR count). The van der Waals surface area contributed by atoms with Crippen molar-refractivity contribution in [2.24, 2.45) is 5.92 Å². The van der Waals surface area contributed by atoms with Gasteiger partial charge in [0.25, 0.3) is 5.56 Å². The molecule has 0 radical (unpaired) electrons. The third-order valence-electron chi connectivity index (χ3n) is 3.72. The lowest BCUT2D eigenvalue weighted by Crippen LogP contribution is -2.30. The predicted molar refractivity (Wildman–Crippen MR) is 72.8 cm³/mol. The van der Waals surface area contributed by atoms with Gasteiger partial charge in [-0.25, -0.2) is 4.79 Å². The van der Waals surface area contributed by atoms with Gasteiger partial charge in [-0.15, -0.1) is 0 Å². The van der Waals surface area contributed by atoms with Crippen molar-refractivity contribution in [1.29, 1.82) is 0 Å². The summed E-state index contributed by atoms with van der Waals surface area (Å²) in [7, 11) is 0. The van der Waals surface area contributed by atoms with Crippen LogP contribution in [0.1, 0.15) is 29.3 Å². The van der Waals surface area contributed by atoms with E-state index in [4.69, 9.17) is 5.11 Å². The molecule has 1 amide bonds. The zero-order chi connectivity index (χ0) is 14.9. The van der Waals surface area contributed by atoms with Gasteiger partial charge >= 0.3 is 5.97 Å². The highest BCUT2D eigenvalue weighted by Gasteiger charge is 2.29. The summed E-state index contributed by atoms with van der Waals surface area (Å²) in [5, 5.41) is 9.08. The van der Waals surface area contributed by atoms with Gasteiger partial charge in [0.2, 0.25) is 5.91 Å². The molecule has 0 saturated carbocycles. The maximum atomic E-state index is 12.1. The van der Waals surface area contributed by atoms with E-state index in [1.165, 1.54) is 4.57 Å². The molecule has 0 aromatic carbocycles. The van der Waals surface area contributed by atoms with Crippen molar-refractivity contribution >= 4 is 11.9 Å². The molecule has 0 bridgehead atoms. The topological polar surface area (TPSA) is 79.6 Å². The fraction of sp³-hybridized carbons (Fsp3) is 0.500. The number of pyridine rings is 1. The number of aryl methyl sites for hydroxylation is 1. The molecular weight excluding hydrogens is 260 g/mol. The predicted octanol–water partition coefficient (Wildman–Crippen LogP) is 0.723. The lowest BCUT2D eigenvalue weighted by molar-refractivity contribution is -0.127. The number of carbonyl (C=O) groups is 2. The minimum Gasteiger partial charge on any atom is -0.477 e. The Hall–Kier alpha value is -2.11. The summed E-state index contributed by atoms with van der Waals surface area (Å²) >= 11 is 0. The quantitative estimate of drug-likeness (QED) is 0.880. The first-order valence-corrected chi connectivity index (χ1v) is 6.65. The van der Waals surface area contributed by atoms with Crippen LogP contribution in [0.4, 0.5) is 0 Å². The second-order valence-corrected chi connectivity index (χ2v) is 5.14. The fourth-order valence-electron chi connectivity index (χ4n) is 2.63. The Morgan fingerprint density at radius 1 is 1.45 bits per heavy atom. The highest BCUT2D eigenvalue weighted by Crippen LogP contribution is 2.18. The van der Waals surface area contributed by atoms with E-state index in [0.717, 1.165) is 0 Å². The van der Waals surface area contributed by atoms with Gasteiger partial charge < -0.3 is 14.6 Å². The van der Waals surface area contributed by atoms with E-state index in [9.17, 15) is 14.4 Å². The number of aromatic carboxylic acids is 1. The largest absolute Gasteiger partial charge is 0.477 e. The van der Waals surface area contributed by atoms with Gasteiger partial charge in [0.05, 0.1) is 0 Å². The molecule has 1 atom stereocenters. The van der Waals surface area contributed by atoms with Crippen molar-refractivity contribution in [3.05, 3.63) is 33.7 Å². The molecule has 2 heterocycles. The lowest BCUT2D eigenvalue weighted by Gasteiger charge is -2.15. The molecule has 20 heavy (non-hydrogen) atoms. The molecule has 1 unspecified atom stereocenters. The number of hydrogen-bond acceptors (Lipinski definition) is 3. The molecule has 1 aromatic rings. The molecule has 0 spiro atoms. The van der Waals surface area contributed by atoms with Crippen molar-refractivity contribution in [2.75, 3.05) is 13.1 Å². The van der Waals surface area contributed by atoms with Crippen LogP contribution in [0.5, 0.6) is 0 Å². The molecule has 1 aliphatic rings. The Labute approximate surface area is 116 Å². The van der Waals surface area contributed by atoms with Gasteiger partial charge in [-0.2, -0.15) is 0 Å². The first-order valence-electron chi connectivity index (χ1n) is 6.65. The van der Waals surface area contributed by atoms with Crippen molar-refractivity contribution in [2.45, 2.75) is 26.8 Å². The summed E-state index contributed by atoms with van der Waals surface area (Å²) in [6.45, 7) is 5.19. The zero-order valence-corrected chi connectivity index (χ0v) is 11.6. The van der Waals surface area contributed by atoms with Gasteiger partial charge in [0.15, 0.2) is 0 Å². The Balaban J connectivity index is 2.24. The maximum Gasteiger partial charge on any atom is 0.341 e. The van der Waals surface area contributed by atoms with E-state index in [0.29, 0.717) is 31.6 Å². The number of rotatable bonds is 4. The zero-order valence-electron chi connectivity index (χ0n) is 11.6. The number of carboxylic acids is 1. The molecule has 6 nitrogen and oxygen atoms in total. The number of carbonyl (C=O) groups excluding carboxylic acids is 1. The minimum absolute atomic E-state index is 0.0597. The molecule has 0 aliphatic carbocycles. The molecular formula is C14H18N2O4. The van der Waals surface area contributed by atoms with Crippen molar-refractivity contribution in [3.63, 3.8) is 0 Å². The smallest absolute Gasteiger partial charge is 0.341 e. The Morgan fingerprint density at radius 3 is 2.70 bits per heavy atom. The third-order valence-corrected chi connectivity index (χ3v) is 3.72. The monoisotopic (exact) mass is 278 g/mol. The van der Waals surface area contributed by atoms with Crippen molar-refractivity contribution in [3.8, 4) is 0 Å². The normalized spacial score (nSPS) is 18.6. The van der Waals surface area contributed by atoms with Crippen LogP contribution in [-0.2, 0) is 11.3 Å². The SMILES string of the molecule is CCN1CC(Cn2ccc(C)c(C(=O)O)c2=O)CC1=O. The van der Waals surface area contributed by atoms with Gasteiger partial charge in [-0.1, -0.05) is 0 Å². The van der Waals surface area contributed by atoms with E-state index < -0.39 is 11.5 Å². The number of amides is 1. The summed E-state index contributed by atoms with van der Waals surface area (Å²) in [5.41, 5.74) is -0.236. The number of likely N-dealkylation sites (tertiary alicyclic amines) is 1. The number of carboxylic acid groups (broad SMARTS) is 1. The van der Waals surface area contributed by atoms with Crippen molar-refractivity contribution in [1.82, 2.24) is 9.47 Å². The van der Waals surface area contributed by atoms with E-state index in [1.54, 1.807) is 24.1 Å². The summed E-state index contributed by atoms with van der Waals surface area (Å²) in [6.07, 6.45) is 2.01. The summed E-state index contributed by atoms with van der Waals surface area (Å²) in [6, 6.07) is 1.62. The highest BCUT2D eigenvalue weighted by atomic mass is 16.4. The lowest BCUT2D eigenvalue weighted by atomic mass is 10.1. The van der Waals surface area contributed by atoms with E-state index in [-0.39, 0.29) is 17.4 Å². The highest BCUT2D eigenvalue weighted by molar-refractivity contribution is 5.88. The second kappa shape index (κ2) is 5.48. The Bertz CT molecular complexity index is 606. The molecule has 1 saturated heterocycles. The molecule has 108 valence electrons. The maximum absolute atomic E-state index is 12.1. The molecule has 1 fully saturated rings. The summed E-state index contributed by atoms with van der Waals surface area (Å²) < 4.78 is 1.40. The Kier molecular flexibility index (Phi) is 3.92. The molecule has 6 heteroatoms. The fourth-order valence-corrected chi connectivity index (χ4v) is 2.63. The van der Waals surface area contributed by atoms with Gasteiger partial charge in [0, 0.05) is 38.2 Å². The average molecular weight is 278 g/mol. The third kappa shape index (κ3) is 2.59. The minimum atomic E-state index is -1.21. The number of hydrogen-bond donors (Lipinski definition) is 1. The van der Waals surface area contributed by atoms with Crippen LogP contribution >= 0.6 is 0 Å². The van der Waals surface area contributed by atoms with E-state index in [2.05, 4.69) is 0 Å². The van der Waals surface area contributed by atoms with Gasteiger partial charge in [-0.3, -0.25) is 9.59 Å². The number of nitrogens with zero attached hydrogens (tertiary/aromatic N) is 2. The second-order valence-electron chi connectivity index (χ2n) is 5.14. The van der Waals surface area contributed by atoms with Crippen LogP contribution in [0.2, 0.25) is 0 Å². The van der Waals surface area contributed by atoms with Crippen LogP contribution in [0.15, 0.2) is 17.1 Å². The molecule has 1 N–H and O–H groups in total. The number of aromatic nitrogens is 1.